The van der Waals surface area contributed by atoms with E-state index < -0.39 is 11.7 Å². The van der Waals surface area contributed by atoms with E-state index in [1.165, 1.54) is 0 Å². The number of likely N-dealkylation sites (tertiary alicyclic amines) is 1. The van der Waals surface area contributed by atoms with Crippen molar-refractivity contribution in [3.05, 3.63) is 62.4 Å². The number of fused-ring (bicyclic) bond motifs is 1. The molecule has 0 aliphatic carbocycles. The van der Waals surface area contributed by atoms with Gasteiger partial charge in [-0.2, -0.15) is 13.2 Å². The lowest BCUT2D eigenvalue weighted by atomic mass is 9.97. The Bertz CT molecular complexity index is 1170. The summed E-state index contributed by atoms with van der Waals surface area (Å²) in [7, 11) is 1.71. The summed E-state index contributed by atoms with van der Waals surface area (Å²) in [6.07, 6.45) is -2.21. The van der Waals surface area contributed by atoms with Crippen LogP contribution in [0.2, 0.25) is 10.0 Å². The van der Waals surface area contributed by atoms with Crippen LogP contribution < -0.4 is 0 Å². The van der Waals surface area contributed by atoms with Gasteiger partial charge in [-0.3, -0.25) is 4.90 Å². The van der Waals surface area contributed by atoms with Crippen LogP contribution in [0.15, 0.2) is 24.3 Å². The third-order valence-corrected chi connectivity index (χ3v) is 7.38. The summed E-state index contributed by atoms with van der Waals surface area (Å²) in [5.74, 6) is 0.952. The number of hydrogen-bond donors (Lipinski definition) is 1. The second-order valence-electron chi connectivity index (χ2n) is 8.82. The van der Waals surface area contributed by atoms with Gasteiger partial charge in [-0.1, -0.05) is 29.3 Å². The number of imidazole rings is 1. The van der Waals surface area contributed by atoms with Crippen LogP contribution in [-0.2, 0) is 26.2 Å². The minimum absolute atomic E-state index is 0.224. The molecule has 1 N–H and O–H groups in total. The first-order chi connectivity index (χ1) is 15.6. The number of nitrogens with zero attached hydrogens (tertiary/aromatic N) is 3. The molecule has 2 aromatic carbocycles. The fourth-order valence-electron chi connectivity index (χ4n) is 4.48. The number of aromatic nitrogens is 2. The monoisotopic (exact) mass is 499 g/mol. The molecule has 0 radical (unpaired) electrons. The minimum atomic E-state index is -4.42. The molecule has 178 valence electrons. The summed E-state index contributed by atoms with van der Waals surface area (Å²) >= 11 is 13.3. The van der Waals surface area contributed by atoms with Crippen molar-refractivity contribution in [1.82, 2.24) is 14.5 Å². The standard InChI is InChI=1S/C24H26Cl2F3N3O/c1-14-9-17(24(27,28)29)10-20-23(14)30-21(31(20)2)11-18-19(25)4-3-16(22(18)26)12-32-7-5-15(13-33)6-8-32/h3-4,9-10,15,33H,5-8,11-13H2,1-2H3. The Balaban J connectivity index is 1.63. The molecule has 0 bridgehead atoms. The average Bonchev–Trinajstić information content (AvgIpc) is 3.09. The number of aliphatic hydroxyl groups is 1. The molecule has 1 aliphatic rings. The van der Waals surface area contributed by atoms with Gasteiger partial charge >= 0.3 is 6.18 Å². The maximum atomic E-state index is 13.3. The molecule has 0 spiro atoms. The number of alkyl halides is 3. The molecular formula is C24H26Cl2F3N3O. The van der Waals surface area contributed by atoms with Crippen LogP contribution in [0.3, 0.4) is 0 Å². The van der Waals surface area contributed by atoms with Crippen molar-refractivity contribution in [2.45, 2.75) is 38.9 Å². The van der Waals surface area contributed by atoms with E-state index in [1.807, 2.05) is 12.1 Å². The fourth-order valence-corrected chi connectivity index (χ4v) is 5.05. The normalized spacial score (nSPS) is 16.1. The van der Waals surface area contributed by atoms with Gasteiger partial charge in [0.25, 0.3) is 0 Å². The first-order valence-corrected chi connectivity index (χ1v) is 11.7. The Morgan fingerprint density at radius 2 is 1.85 bits per heavy atom. The average molecular weight is 500 g/mol. The molecule has 4 rings (SSSR count). The van der Waals surface area contributed by atoms with E-state index in [1.54, 1.807) is 18.5 Å². The summed E-state index contributed by atoms with van der Waals surface area (Å²) in [4.78, 5) is 6.93. The molecule has 33 heavy (non-hydrogen) atoms. The van der Waals surface area contributed by atoms with E-state index in [0.717, 1.165) is 43.6 Å². The van der Waals surface area contributed by atoms with Gasteiger partial charge in [-0.05, 0) is 73.7 Å². The highest BCUT2D eigenvalue weighted by Gasteiger charge is 2.32. The molecule has 0 atom stereocenters. The van der Waals surface area contributed by atoms with Crippen LogP contribution in [0.1, 0.15) is 40.9 Å². The maximum Gasteiger partial charge on any atom is 0.416 e. The topological polar surface area (TPSA) is 41.3 Å². The molecule has 3 aromatic rings. The molecule has 9 heteroatoms. The van der Waals surface area contributed by atoms with Gasteiger partial charge in [0.05, 0.1) is 21.6 Å². The van der Waals surface area contributed by atoms with E-state index in [0.29, 0.717) is 56.9 Å². The number of hydrogen-bond acceptors (Lipinski definition) is 3. The van der Waals surface area contributed by atoms with Gasteiger partial charge in [0.15, 0.2) is 0 Å². The number of aryl methyl sites for hydroxylation is 2. The van der Waals surface area contributed by atoms with E-state index in [2.05, 4.69) is 9.88 Å². The molecule has 1 fully saturated rings. The van der Waals surface area contributed by atoms with Gasteiger partial charge in [0, 0.05) is 31.6 Å². The quantitative estimate of drug-likeness (QED) is 0.467. The molecule has 4 nitrogen and oxygen atoms in total. The Kier molecular flexibility index (Phi) is 6.97. The van der Waals surface area contributed by atoms with Gasteiger partial charge < -0.3 is 9.67 Å². The van der Waals surface area contributed by atoms with Crippen molar-refractivity contribution in [1.29, 1.82) is 0 Å². The molecule has 0 unspecified atom stereocenters. The van der Waals surface area contributed by atoms with Gasteiger partial charge in [0.2, 0.25) is 0 Å². The van der Waals surface area contributed by atoms with Crippen molar-refractivity contribution in [2.24, 2.45) is 13.0 Å². The van der Waals surface area contributed by atoms with Crippen molar-refractivity contribution in [2.75, 3.05) is 19.7 Å². The highest BCUT2D eigenvalue weighted by molar-refractivity contribution is 6.36. The van der Waals surface area contributed by atoms with Crippen LogP contribution in [-0.4, -0.2) is 39.3 Å². The van der Waals surface area contributed by atoms with Crippen molar-refractivity contribution < 1.29 is 18.3 Å². The summed E-state index contributed by atoms with van der Waals surface area (Å²) in [5, 5.41) is 10.4. The van der Waals surface area contributed by atoms with Crippen molar-refractivity contribution in [3.63, 3.8) is 0 Å². The molecule has 1 saturated heterocycles. The molecule has 2 heterocycles. The van der Waals surface area contributed by atoms with Crippen LogP contribution >= 0.6 is 23.2 Å². The van der Waals surface area contributed by atoms with E-state index >= 15 is 0 Å². The Morgan fingerprint density at radius 3 is 2.48 bits per heavy atom. The van der Waals surface area contributed by atoms with Crippen LogP contribution in [0, 0.1) is 12.8 Å². The van der Waals surface area contributed by atoms with Crippen molar-refractivity contribution >= 4 is 34.2 Å². The summed E-state index contributed by atoms with van der Waals surface area (Å²) in [6.45, 7) is 4.32. The minimum Gasteiger partial charge on any atom is -0.396 e. The van der Waals surface area contributed by atoms with Crippen LogP contribution in [0.4, 0.5) is 13.2 Å². The number of aliphatic hydroxyl groups excluding tert-OH is 1. The second-order valence-corrected chi connectivity index (χ2v) is 9.61. The third-order valence-electron chi connectivity index (χ3n) is 6.56. The van der Waals surface area contributed by atoms with E-state index in [9.17, 15) is 18.3 Å². The number of benzene rings is 2. The van der Waals surface area contributed by atoms with Gasteiger partial charge in [0.1, 0.15) is 5.82 Å². The lowest BCUT2D eigenvalue weighted by Gasteiger charge is -2.31. The fraction of sp³-hybridized carbons (Fsp3) is 0.458. The Hall–Kier alpha value is -1.80. The zero-order valence-electron chi connectivity index (χ0n) is 18.5. The predicted molar refractivity (Wildman–Crippen MR) is 125 cm³/mol. The van der Waals surface area contributed by atoms with Gasteiger partial charge in [-0.15, -0.1) is 0 Å². The largest absolute Gasteiger partial charge is 0.416 e. The lowest BCUT2D eigenvalue weighted by Crippen LogP contribution is -2.34. The smallest absolute Gasteiger partial charge is 0.396 e. The molecular weight excluding hydrogens is 474 g/mol. The summed E-state index contributed by atoms with van der Waals surface area (Å²) in [5.41, 5.74) is 2.41. The number of piperidine rings is 1. The van der Waals surface area contributed by atoms with Crippen LogP contribution in [0.25, 0.3) is 11.0 Å². The lowest BCUT2D eigenvalue weighted by molar-refractivity contribution is -0.137. The molecule has 0 saturated carbocycles. The third kappa shape index (κ3) is 5.02. The second kappa shape index (κ2) is 9.45. The van der Waals surface area contributed by atoms with Crippen LogP contribution in [0.5, 0.6) is 0 Å². The maximum absolute atomic E-state index is 13.3. The first kappa shape index (κ1) is 24.3. The van der Waals surface area contributed by atoms with Crippen molar-refractivity contribution in [3.8, 4) is 0 Å². The van der Waals surface area contributed by atoms with E-state index in [4.69, 9.17) is 23.2 Å². The zero-order chi connectivity index (χ0) is 23.9. The van der Waals surface area contributed by atoms with Gasteiger partial charge in [-0.25, -0.2) is 4.98 Å². The first-order valence-electron chi connectivity index (χ1n) is 10.9. The summed E-state index contributed by atoms with van der Waals surface area (Å²) < 4.78 is 41.5. The molecule has 1 aliphatic heterocycles. The van der Waals surface area contributed by atoms with E-state index in [-0.39, 0.29) is 6.61 Å². The Morgan fingerprint density at radius 1 is 1.15 bits per heavy atom. The predicted octanol–water partition coefficient (Wildman–Crippen LogP) is 6.00. The SMILES string of the molecule is Cc1cc(C(F)(F)F)cc2c1nc(Cc1c(Cl)ccc(CN3CCC(CO)CC3)c1Cl)n2C. The summed E-state index contributed by atoms with van der Waals surface area (Å²) in [6, 6.07) is 5.99. The Labute approximate surface area is 200 Å². The highest BCUT2D eigenvalue weighted by Crippen LogP contribution is 2.35. The molecule has 1 aromatic heterocycles. The molecule has 0 amide bonds. The zero-order valence-corrected chi connectivity index (χ0v) is 20.0. The number of rotatable bonds is 5. The highest BCUT2D eigenvalue weighted by atomic mass is 35.5. The number of halogens is 5.